The Morgan fingerprint density at radius 3 is 2.90 bits per heavy atom. The summed E-state index contributed by atoms with van der Waals surface area (Å²) in [6, 6.07) is 3.89. The summed E-state index contributed by atoms with van der Waals surface area (Å²) < 4.78 is 1.14. The Hall–Kier alpha value is -0.500. The third kappa shape index (κ3) is 1.80. The predicted molar refractivity (Wildman–Crippen MR) is 85.0 cm³/mol. The van der Waals surface area contributed by atoms with Crippen LogP contribution >= 0.6 is 15.9 Å². The van der Waals surface area contributed by atoms with E-state index in [1.165, 1.54) is 49.7 Å². The molecular weight excluding hydrogens is 312 g/mol. The first-order valence-corrected chi connectivity index (χ1v) is 8.89. The molecule has 1 nitrogen and oxygen atoms in total. The van der Waals surface area contributed by atoms with Crippen molar-refractivity contribution < 1.29 is 5.11 Å². The van der Waals surface area contributed by atoms with Gasteiger partial charge < -0.3 is 5.11 Å². The molecule has 3 aliphatic carbocycles. The molecule has 0 unspecified atom stereocenters. The molecule has 108 valence electrons. The zero-order chi connectivity index (χ0) is 13.9. The van der Waals surface area contributed by atoms with Gasteiger partial charge in [0.1, 0.15) is 5.75 Å². The van der Waals surface area contributed by atoms with Gasteiger partial charge in [0.2, 0.25) is 0 Å². The highest BCUT2D eigenvalue weighted by molar-refractivity contribution is 9.10. The molecule has 0 heterocycles. The van der Waals surface area contributed by atoms with Crippen LogP contribution in [0, 0.1) is 17.3 Å². The number of aryl methyl sites for hydroxylation is 1. The lowest BCUT2D eigenvalue weighted by Gasteiger charge is -2.49. The van der Waals surface area contributed by atoms with Crippen LogP contribution < -0.4 is 0 Å². The van der Waals surface area contributed by atoms with Gasteiger partial charge in [-0.1, -0.05) is 29.3 Å². The first kappa shape index (κ1) is 13.2. The number of hydrogen-bond acceptors (Lipinski definition) is 1. The summed E-state index contributed by atoms with van der Waals surface area (Å²) >= 11 is 3.72. The monoisotopic (exact) mass is 334 g/mol. The van der Waals surface area contributed by atoms with Crippen molar-refractivity contribution >= 4 is 15.9 Å². The molecule has 0 aliphatic heterocycles. The number of fused-ring (bicyclic) bond motifs is 5. The molecule has 0 saturated heterocycles. The summed E-state index contributed by atoms with van der Waals surface area (Å²) in [6.07, 6.45) is 9.55. The number of phenols is 1. The van der Waals surface area contributed by atoms with Gasteiger partial charge in [0.15, 0.2) is 0 Å². The molecule has 2 saturated carbocycles. The molecule has 1 aromatic rings. The molecule has 3 aliphatic rings. The molecule has 0 bridgehead atoms. The van der Waals surface area contributed by atoms with Crippen molar-refractivity contribution in [1.29, 1.82) is 0 Å². The molecule has 20 heavy (non-hydrogen) atoms. The van der Waals surface area contributed by atoms with Crippen LogP contribution in [0.3, 0.4) is 0 Å². The molecule has 0 aromatic heterocycles. The third-order valence-corrected chi connectivity index (χ3v) is 7.19. The van der Waals surface area contributed by atoms with Crippen molar-refractivity contribution in [1.82, 2.24) is 0 Å². The molecule has 2 fully saturated rings. The Kier molecular flexibility index (Phi) is 2.96. The van der Waals surface area contributed by atoms with Crippen LogP contribution in [0.1, 0.15) is 62.5 Å². The smallest absolute Gasteiger partial charge is 0.116 e. The SMILES string of the molecule is C[C@@]12CCC[C@H]1[C@@H]1CCc3cc(O)cc(Br)c3[C@H]1CC2. The van der Waals surface area contributed by atoms with Crippen LogP contribution in [-0.4, -0.2) is 5.11 Å². The molecule has 2 heteroatoms. The number of phenolic OH excluding ortho intramolecular Hbond substituents is 1. The fraction of sp³-hybridized carbons (Fsp3) is 0.667. The normalized spacial score (nSPS) is 39.0. The van der Waals surface area contributed by atoms with E-state index in [-0.39, 0.29) is 0 Å². The molecule has 0 amide bonds. The van der Waals surface area contributed by atoms with E-state index in [2.05, 4.69) is 22.9 Å². The average molecular weight is 335 g/mol. The Morgan fingerprint density at radius 1 is 1.20 bits per heavy atom. The second kappa shape index (κ2) is 4.50. The van der Waals surface area contributed by atoms with Crippen molar-refractivity contribution in [2.75, 3.05) is 0 Å². The maximum atomic E-state index is 9.83. The molecule has 0 spiro atoms. The van der Waals surface area contributed by atoms with E-state index in [0.29, 0.717) is 11.2 Å². The highest BCUT2D eigenvalue weighted by atomic mass is 79.9. The Bertz CT molecular complexity index is 553. The van der Waals surface area contributed by atoms with E-state index in [1.54, 1.807) is 0 Å². The van der Waals surface area contributed by atoms with Gasteiger partial charge >= 0.3 is 0 Å². The predicted octanol–water partition coefficient (Wildman–Crippen LogP) is 5.40. The first-order valence-electron chi connectivity index (χ1n) is 8.10. The molecule has 1 N–H and O–H groups in total. The Balaban J connectivity index is 1.76. The molecule has 0 radical (unpaired) electrons. The standard InChI is InChI=1S/C18H23BrO/c1-18-7-2-3-15(18)13-5-4-11-9-12(20)10-16(19)17(11)14(13)6-8-18/h9-10,13-15,20H,2-8H2,1H3/t13-,14+,15+,18+/m1/s1. The van der Waals surface area contributed by atoms with Gasteiger partial charge in [0.25, 0.3) is 0 Å². The summed E-state index contributed by atoms with van der Waals surface area (Å²) in [5.41, 5.74) is 3.54. The number of halogens is 1. The third-order valence-electron chi connectivity index (χ3n) is 6.54. The van der Waals surface area contributed by atoms with E-state index in [0.717, 1.165) is 28.6 Å². The highest BCUT2D eigenvalue weighted by Crippen LogP contribution is 2.61. The Morgan fingerprint density at radius 2 is 2.05 bits per heavy atom. The summed E-state index contributed by atoms with van der Waals surface area (Å²) in [6.45, 7) is 2.54. The molecule has 4 atom stereocenters. The quantitative estimate of drug-likeness (QED) is 0.673. The van der Waals surface area contributed by atoms with E-state index in [1.807, 2.05) is 12.1 Å². The van der Waals surface area contributed by atoms with Gasteiger partial charge in [0.05, 0.1) is 0 Å². The molecular formula is C18H23BrO. The lowest BCUT2D eigenvalue weighted by molar-refractivity contribution is 0.0595. The van der Waals surface area contributed by atoms with Crippen LogP contribution in [0.4, 0.5) is 0 Å². The highest BCUT2D eigenvalue weighted by Gasteiger charge is 2.50. The van der Waals surface area contributed by atoms with Crippen molar-refractivity contribution in [3.63, 3.8) is 0 Å². The van der Waals surface area contributed by atoms with Gasteiger partial charge in [-0.3, -0.25) is 0 Å². The van der Waals surface area contributed by atoms with Crippen molar-refractivity contribution in [2.24, 2.45) is 17.3 Å². The number of benzene rings is 1. The van der Waals surface area contributed by atoms with Crippen molar-refractivity contribution in [3.8, 4) is 5.75 Å². The van der Waals surface area contributed by atoms with Gasteiger partial charge in [-0.05, 0) is 85.0 Å². The maximum Gasteiger partial charge on any atom is 0.116 e. The van der Waals surface area contributed by atoms with Crippen molar-refractivity contribution in [3.05, 3.63) is 27.7 Å². The minimum atomic E-state index is 0.413. The lowest BCUT2D eigenvalue weighted by Crippen LogP contribution is -2.39. The van der Waals surface area contributed by atoms with Gasteiger partial charge in [-0.25, -0.2) is 0 Å². The number of aromatic hydroxyl groups is 1. The van der Waals surface area contributed by atoms with E-state index in [9.17, 15) is 5.11 Å². The average Bonchev–Trinajstić information content (AvgIpc) is 2.79. The minimum absolute atomic E-state index is 0.413. The van der Waals surface area contributed by atoms with Crippen LogP contribution in [0.5, 0.6) is 5.75 Å². The summed E-state index contributed by atoms with van der Waals surface area (Å²) in [7, 11) is 0. The van der Waals surface area contributed by atoms with Crippen LogP contribution in [0.15, 0.2) is 16.6 Å². The number of hydrogen-bond donors (Lipinski definition) is 1. The lowest BCUT2D eigenvalue weighted by atomic mass is 9.56. The van der Waals surface area contributed by atoms with Crippen LogP contribution in [0.25, 0.3) is 0 Å². The second-order valence-electron chi connectivity index (χ2n) is 7.50. The minimum Gasteiger partial charge on any atom is -0.508 e. The van der Waals surface area contributed by atoms with Crippen molar-refractivity contribution in [2.45, 2.75) is 57.8 Å². The van der Waals surface area contributed by atoms with E-state index < -0.39 is 0 Å². The first-order chi connectivity index (χ1) is 9.58. The van der Waals surface area contributed by atoms with Gasteiger partial charge in [0, 0.05) is 4.47 Å². The van der Waals surface area contributed by atoms with E-state index >= 15 is 0 Å². The van der Waals surface area contributed by atoms with Gasteiger partial charge in [-0.15, -0.1) is 0 Å². The largest absolute Gasteiger partial charge is 0.508 e. The summed E-state index contributed by atoms with van der Waals surface area (Å²) in [5, 5.41) is 9.83. The number of rotatable bonds is 0. The summed E-state index contributed by atoms with van der Waals surface area (Å²) in [5.74, 6) is 2.96. The maximum absolute atomic E-state index is 9.83. The molecule has 1 aromatic carbocycles. The van der Waals surface area contributed by atoms with Gasteiger partial charge in [-0.2, -0.15) is 0 Å². The zero-order valence-corrected chi connectivity index (χ0v) is 13.7. The Labute approximate surface area is 129 Å². The fourth-order valence-corrected chi connectivity index (χ4v) is 6.43. The van der Waals surface area contributed by atoms with Crippen LogP contribution in [0.2, 0.25) is 0 Å². The fourth-order valence-electron chi connectivity index (χ4n) is 5.64. The van der Waals surface area contributed by atoms with E-state index in [4.69, 9.17) is 0 Å². The topological polar surface area (TPSA) is 20.2 Å². The second-order valence-corrected chi connectivity index (χ2v) is 8.36. The van der Waals surface area contributed by atoms with Crippen LogP contribution in [-0.2, 0) is 6.42 Å². The summed E-state index contributed by atoms with van der Waals surface area (Å²) in [4.78, 5) is 0. The molecule has 4 rings (SSSR count). The zero-order valence-electron chi connectivity index (χ0n) is 12.2.